The zero-order valence-corrected chi connectivity index (χ0v) is 12.1. The first kappa shape index (κ1) is 13.5. The monoisotopic (exact) mass is 304 g/mol. The number of para-hydroxylation sites is 1. The Morgan fingerprint density at radius 3 is 2.48 bits per heavy atom. The van der Waals surface area contributed by atoms with Crippen LogP contribution in [0.25, 0.3) is 16.8 Å². The summed E-state index contributed by atoms with van der Waals surface area (Å²) in [5.74, 6) is 0.555. The van der Waals surface area contributed by atoms with Crippen LogP contribution in [0.2, 0.25) is 0 Å². The number of benzene rings is 2. The third-order valence-electron chi connectivity index (χ3n) is 3.60. The van der Waals surface area contributed by atoms with Gasteiger partial charge in [-0.05, 0) is 35.9 Å². The molecule has 4 rings (SSSR count). The van der Waals surface area contributed by atoms with E-state index >= 15 is 0 Å². The fraction of sp³-hybridized carbons (Fsp3) is 0. The molecule has 0 aliphatic carbocycles. The van der Waals surface area contributed by atoms with E-state index in [1.54, 1.807) is 29.0 Å². The highest BCUT2D eigenvalue weighted by Gasteiger charge is 2.10. The van der Waals surface area contributed by atoms with Crippen molar-refractivity contribution >= 4 is 17.2 Å². The van der Waals surface area contributed by atoms with E-state index in [0.717, 1.165) is 28.3 Å². The number of fused-ring (bicyclic) bond motifs is 1. The molecule has 2 aromatic carbocycles. The average Bonchev–Trinajstić information content (AvgIpc) is 3.02. The maximum absolute atomic E-state index is 13.1. The third-order valence-corrected chi connectivity index (χ3v) is 3.60. The molecule has 112 valence electrons. The third kappa shape index (κ3) is 2.53. The lowest BCUT2D eigenvalue weighted by molar-refractivity contribution is 0.628. The number of hydrogen-bond acceptors (Lipinski definition) is 3. The summed E-state index contributed by atoms with van der Waals surface area (Å²) in [5.41, 5.74) is 3.43. The minimum absolute atomic E-state index is 0.260. The second-order valence-electron chi connectivity index (χ2n) is 5.12. The molecule has 0 aliphatic heterocycles. The van der Waals surface area contributed by atoms with E-state index in [1.165, 1.54) is 12.1 Å². The molecule has 0 amide bonds. The zero-order valence-electron chi connectivity index (χ0n) is 12.1. The number of rotatable bonds is 3. The minimum atomic E-state index is -0.260. The normalized spacial score (nSPS) is 10.8. The topological polar surface area (TPSA) is 42.2 Å². The molecule has 0 radical (unpaired) electrons. The summed E-state index contributed by atoms with van der Waals surface area (Å²) in [6.07, 6.45) is 3.47. The van der Waals surface area contributed by atoms with Crippen LogP contribution in [-0.4, -0.2) is 14.6 Å². The van der Waals surface area contributed by atoms with Gasteiger partial charge in [0.1, 0.15) is 11.6 Å². The van der Waals surface area contributed by atoms with Crippen molar-refractivity contribution in [3.63, 3.8) is 0 Å². The summed E-state index contributed by atoms with van der Waals surface area (Å²) in [6, 6.07) is 18.1. The molecule has 0 fully saturated rings. The first-order chi connectivity index (χ1) is 11.3. The molecule has 0 bridgehead atoms. The Morgan fingerprint density at radius 2 is 1.70 bits per heavy atom. The maximum Gasteiger partial charge on any atom is 0.165 e. The Kier molecular flexibility index (Phi) is 3.24. The van der Waals surface area contributed by atoms with Crippen molar-refractivity contribution in [3.8, 4) is 11.1 Å². The fourth-order valence-electron chi connectivity index (χ4n) is 2.49. The lowest BCUT2D eigenvalue weighted by atomic mass is 10.1. The van der Waals surface area contributed by atoms with Crippen LogP contribution in [0.4, 0.5) is 15.9 Å². The van der Waals surface area contributed by atoms with Crippen molar-refractivity contribution < 1.29 is 4.39 Å². The molecule has 0 saturated carbocycles. The Balaban J connectivity index is 1.79. The van der Waals surface area contributed by atoms with E-state index in [0.29, 0.717) is 0 Å². The van der Waals surface area contributed by atoms with E-state index in [4.69, 9.17) is 0 Å². The lowest BCUT2D eigenvalue weighted by Gasteiger charge is -2.08. The molecule has 0 aliphatic rings. The molecule has 4 nitrogen and oxygen atoms in total. The fourth-order valence-corrected chi connectivity index (χ4v) is 2.49. The molecule has 5 heteroatoms. The molecule has 0 spiro atoms. The number of aromatic nitrogens is 3. The number of halogens is 1. The van der Waals surface area contributed by atoms with Gasteiger partial charge in [-0.2, -0.15) is 9.61 Å². The van der Waals surface area contributed by atoms with Gasteiger partial charge in [0.15, 0.2) is 5.65 Å². The number of anilines is 2. The van der Waals surface area contributed by atoms with Gasteiger partial charge in [-0.25, -0.2) is 9.37 Å². The zero-order chi connectivity index (χ0) is 15.6. The van der Waals surface area contributed by atoms with Gasteiger partial charge in [-0.15, -0.1) is 0 Å². The predicted octanol–water partition coefficient (Wildman–Crippen LogP) is 4.28. The van der Waals surface area contributed by atoms with Crippen LogP contribution in [0.3, 0.4) is 0 Å². The molecule has 2 aromatic heterocycles. The summed E-state index contributed by atoms with van der Waals surface area (Å²) in [4.78, 5) is 4.41. The quantitative estimate of drug-likeness (QED) is 0.614. The van der Waals surface area contributed by atoms with Crippen LogP contribution in [0, 0.1) is 5.82 Å². The van der Waals surface area contributed by atoms with E-state index in [2.05, 4.69) is 15.4 Å². The van der Waals surface area contributed by atoms with E-state index in [1.807, 2.05) is 36.4 Å². The molecule has 4 aromatic rings. The largest absolute Gasteiger partial charge is 0.340 e. The van der Waals surface area contributed by atoms with Crippen molar-refractivity contribution in [2.45, 2.75) is 0 Å². The standard InChI is InChI=1S/C18H13FN4/c19-14-8-6-13(7-9-14)16-12-21-23-17(10-11-20-18(16)23)22-15-4-2-1-3-5-15/h1-12,22H. The SMILES string of the molecule is Fc1ccc(-c2cnn3c(Nc4ccccc4)ccnc23)cc1. The molecule has 0 atom stereocenters. The smallest absolute Gasteiger partial charge is 0.165 e. The second-order valence-corrected chi connectivity index (χ2v) is 5.12. The minimum Gasteiger partial charge on any atom is -0.340 e. The van der Waals surface area contributed by atoms with E-state index < -0.39 is 0 Å². The Bertz CT molecular complexity index is 946. The predicted molar refractivity (Wildman–Crippen MR) is 88.1 cm³/mol. The Labute approximate surface area is 132 Å². The van der Waals surface area contributed by atoms with Gasteiger partial charge in [-0.3, -0.25) is 0 Å². The van der Waals surface area contributed by atoms with Gasteiger partial charge in [0, 0.05) is 17.4 Å². The van der Waals surface area contributed by atoms with Crippen LogP contribution in [0.15, 0.2) is 73.1 Å². The molecule has 1 N–H and O–H groups in total. The maximum atomic E-state index is 13.1. The van der Waals surface area contributed by atoms with Crippen LogP contribution in [-0.2, 0) is 0 Å². The van der Waals surface area contributed by atoms with Crippen molar-refractivity contribution in [1.82, 2.24) is 14.6 Å². The highest BCUT2D eigenvalue weighted by atomic mass is 19.1. The number of hydrogen-bond donors (Lipinski definition) is 1. The van der Waals surface area contributed by atoms with E-state index in [9.17, 15) is 4.39 Å². The Hall–Kier alpha value is -3.21. The van der Waals surface area contributed by atoms with Crippen molar-refractivity contribution in [3.05, 3.63) is 78.9 Å². The molecule has 0 unspecified atom stereocenters. The van der Waals surface area contributed by atoms with Crippen LogP contribution in [0.5, 0.6) is 0 Å². The second kappa shape index (κ2) is 5.53. The first-order valence-electron chi connectivity index (χ1n) is 7.22. The van der Waals surface area contributed by atoms with Crippen LogP contribution in [0.1, 0.15) is 0 Å². The van der Waals surface area contributed by atoms with Crippen molar-refractivity contribution in [2.24, 2.45) is 0 Å². The van der Waals surface area contributed by atoms with Crippen molar-refractivity contribution in [1.29, 1.82) is 0 Å². The summed E-state index contributed by atoms with van der Waals surface area (Å²) < 4.78 is 14.8. The molecule has 2 heterocycles. The Morgan fingerprint density at radius 1 is 0.913 bits per heavy atom. The number of nitrogens with one attached hydrogen (secondary N) is 1. The first-order valence-corrected chi connectivity index (χ1v) is 7.22. The molecular formula is C18H13FN4. The highest BCUT2D eigenvalue weighted by Crippen LogP contribution is 2.26. The van der Waals surface area contributed by atoms with Gasteiger partial charge < -0.3 is 5.32 Å². The van der Waals surface area contributed by atoms with Gasteiger partial charge in [0.2, 0.25) is 0 Å². The van der Waals surface area contributed by atoms with Crippen molar-refractivity contribution in [2.75, 3.05) is 5.32 Å². The summed E-state index contributed by atoms with van der Waals surface area (Å²) in [6.45, 7) is 0. The molecule has 23 heavy (non-hydrogen) atoms. The average molecular weight is 304 g/mol. The summed E-state index contributed by atoms with van der Waals surface area (Å²) in [5, 5.41) is 7.73. The van der Waals surface area contributed by atoms with Crippen LogP contribution >= 0.6 is 0 Å². The summed E-state index contributed by atoms with van der Waals surface area (Å²) >= 11 is 0. The van der Waals surface area contributed by atoms with Gasteiger partial charge in [-0.1, -0.05) is 30.3 Å². The highest BCUT2D eigenvalue weighted by molar-refractivity contribution is 5.78. The van der Waals surface area contributed by atoms with Crippen LogP contribution < -0.4 is 5.32 Å². The molecule has 0 saturated heterocycles. The van der Waals surface area contributed by atoms with E-state index in [-0.39, 0.29) is 5.82 Å². The van der Waals surface area contributed by atoms with Gasteiger partial charge in [0.05, 0.1) is 6.20 Å². The molecular weight excluding hydrogens is 291 g/mol. The van der Waals surface area contributed by atoms with Gasteiger partial charge in [0.25, 0.3) is 0 Å². The summed E-state index contributed by atoms with van der Waals surface area (Å²) in [7, 11) is 0. The lowest BCUT2D eigenvalue weighted by Crippen LogP contribution is -2.00. The number of nitrogens with zero attached hydrogens (tertiary/aromatic N) is 3. The van der Waals surface area contributed by atoms with Gasteiger partial charge >= 0.3 is 0 Å².